The summed E-state index contributed by atoms with van der Waals surface area (Å²) < 4.78 is 5.42. The Bertz CT molecular complexity index is 1260. The van der Waals surface area contributed by atoms with Crippen molar-refractivity contribution in [2.75, 3.05) is 0 Å². The van der Waals surface area contributed by atoms with Crippen molar-refractivity contribution in [3.05, 3.63) is 92.8 Å². The molecule has 0 aliphatic rings. The minimum Gasteiger partial charge on any atom is -0.422 e. The van der Waals surface area contributed by atoms with E-state index in [1.165, 1.54) is 30.3 Å². The number of carbonyl (C=O) groups is 1. The number of esters is 1. The Morgan fingerprint density at radius 2 is 1.70 bits per heavy atom. The van der Waals surface area contributed by atoms with Crippen LogP contribution in [0.5, 0.6) is 5.75 Å². The number of benzene rings is 3. The second-order valence-electron chi connectivity index (χ2n) is 5.90. The Kier molecular flexibility index (Phi) is 3.89. The summed E-state index contributed by atoms with van der Waals surface area (Å²) in [6, 6.07) is 17.5. The van der Waals surface area contributed by atoms with Crippen molar-refractivity contribution in [1.82, 2.24) is 4.98 Å². The molecule has 7 nitrogen and oxygen atoms in total. The van der Waals surface area contributed by atoms with E-state index in [0.717, 1.165) is 10.8 Å². The molecule has 0 bridgehead atoms. The third-order valence-electron chi connectivity index (χ3n) is 4.22. The van der Waals surface area contributed by atoms with E-state index in [9.17, 15) is 19.7 Å². The second-order valence-corrected chi connectivity index (χ2v) is 5.90. The Hall–Kier alpha value is -4.00. The number of nitrogens with zero attached hydrogens (tertiary/aromatic N) is 1. The standard InChI is InChI=1S/C20H12N2O5/c23-18-11-17(27-20(24)13-5-8-14(9-6-13)22(25)26)16-10-7-12-3-1-2-4-15(12)19(16)21-18/h1-11H,(H,21,23). The molecular weight excluding hydrogens is 348 g/mol. The number of H-pyrrole nitrogens is 1. The summed E-state index contributed by atoms with van der Waals surface area (Å²) >= 11 is 0. The first-order valence-corrected chi connectivity index (χ1v) is 8.04. The van der Waals surface area contributed by atoms with Crippen LogP contribution in [0.1, 0.15) is 10.4 Å². The van der Waals surface area contributed by atoms with Crippen molar-refractivity contribution in [3.8, 4) is 5.75 Å². The summed E-state index contributed by atoms with van der Waals surface area (Å²) in [5, 5.41) is 13.1. The van der Waals surface area contributed by atoms with Crippen LogP contribution in [0, 0.1) is 10.1 Å². The average Bonchev–Trinajstić information content (AvgIpc) is 2.67. The lowest BCUT2D eigenvalue weighted by atomic mass is 10.1. The topological polar surface area (TPSA) is 102 Å². The minimum absolute atomic E-state index is 0.125. The highest BCUT2D eigenvalue weighted by atomic mass is 16.6. The number of aromatic nitrogens is 1. The molecule has 27 heavy (non-hydrogen) atoms. The van der Waals surface area contributed by atoms with Gasteiger partial charge < -0.3 is 9.72 Å². The van der Waals surface area contributed by atoms with E-state index < -0.39 is 16.5 Å². The van der Waals surface area contributed by atoms with Crippen LogP contribution >= 0.6 is 0 Å². The lowest BCUT2D eigenvalue weighted by Crippen LogP contribution is -2.12. The zero-order chi connectivity index (χ0) is 19.0. The number of carbonyl (C=O) groups excluding carboxylic acids is 1. The van der Waals surface area contributed by atoms with Crippen LogP contribution in [0.2, 0.25) is 0 Å². The number of hydrogen-bond acceptors (Lipinski definition) is 5. The van der Waals surface area contributed by atoms with E-state index in [1.807, 2.05) is 30.3 Å². The van der Waals surface area contributed by atoms with Gasteiger partial charge in [-0.3, -0.25) is 14.9 Å². The number of ether oxygens (including phenoxy) is 1. The fraction of sp³-hybridized carbons (Fsp3) is 0. The van der Waals surface area contributed by atoms with Gasteiger partial charge in [-0.05, 0) is 23.6 Å². The molecule has 0 saturated heterocycles. The summed E-state index contributed by atoms with van der Waals surface area (Å²) in [7, 11) is 0. The highest BCUT2D eigenvalue weighted by Crippen LogP contribution is 2.29. The Balaban J connectivity index is 1.77. The molecule has 1 N–H and O–H groups in total. The first-order valence-electron chi connectivity index (χ1n) is 8.04. The highest BCUT2D eigenvalue weighted by molar-refractivity contribution is 6.07. The molecule has 132 valence electrons. The molecule has 0 aliphatic heterocycles. The Morgan fingerprint density at radius 3 is 2.44 bits per heavy atom. The monoisotopic (exact) mass is 360 g/mol. The summed E-state index contributed by atoms with van der Waals surface area (Å²) in [5.74, 6) is -0.576. The van der Waals surface area contributed by atoms with Crippen LogP contribution in [-0.2, 0) is 0 Å². The summed E-state index contributed by atoms with van der Waals surface area (Å²) in [5.41, 5.74) is 0.201. The SMILES string of the molecule is O=C(Oc1cc(=O)[nH]c2c1ccc1ccccc12)c1ccc([N+](=O)[O-])cc1. The molecule has 1 aromatic heterocycles. The van der Waals surface area contributed by atoms with Gasteiger partial charge >= 0.3 is 5.97 Å². The zero-order valence-corrected chi connectivity index (χ0v) is 13.8. The maximum absolute atomic E-state index is 12.4. The summed E-state index contributed by atoms with van der Waals surface area (Å²) in [6.45, 7) is 0. The lowest BCUT2D eigenvalue weighted by Gasteiger charge is -2.09. The third-order valence-corrected chi connectivity index (χ3v) is 4.22. The van der Waals surface area contributed by atoms with E-state index in [0.29, 0.717) is 10.9 Å². The number of fused-ring (bicyclic) bond motifs is 3. The van der Waals surface area contributed by atoms with Gasteiger partial charge in [0.15, 0.2) is 0 Å². The highest BCUT2D eigenvalue weighted by Gasteiger charge is 2.15. The van der Waals surface area contributed by atoms with Gasteiger partial charge in [0, 0.05) is 29.0 Å². The molecule has 0 unspecified atom stereocenters. The first kappa shape index (κ1) is 16.5. The molecular formula is C20H12N2O5. The van der Waals surface area contributed by atoms with Crippen LogP contribution < -0.4 is 10.3 Å². The van der Waals surface area contributed by atoms with Crippen molar-refractivity contribution in [3.63, 3.8) is 0 Å². The lowest BCUT2D eigenvalue weighted by molar-refractivity contribution is -0.384. The minimum atomic E-state index is -0.704. The largest absolute Gasteiger partial charge is 0.422 e. The number of nitro benzene ring substituents is 1. The number of nitrogens with one attached hydrogen (secondary N) is 1. The molecule has 0 spiro atoms. The van der Waals surface area contributed by atoms with Crippen molar-refractivity contribution in [2.24, 2.45) is 0 Å². The zero-order valence-electron chi connectivity index (χ0n) is 13.8. The quantitative estimate of drug-likeness (QED) is 0.259. The number of hydrogen-bond donors (Lipinski definition) is 1. The Labute approximate surface area is 152 Å². The molecule has 4 aromatic rings. The summed E-state index contributed by atoms with van der Waals surface area (Å²) in [6.07, 6.45) is 0. The molecule has 0 saturated carbocycles. The van der Waals surface area contributed by atoms with Crippen molar-refractivity contribution in [1.29, 1.82) is 0 Å². The molecule has 3 aromatic carbocycles. The number of nitro groups is 1. The molecule has 0 radical (unpaired) electrons. The molecule has 0 fully saturated rings. The van der Waals surface area contributed by atoms with Gasteiger partial charge in [0.1, 0.15) is 5.75 Å². The van der Waals surface area contributed by atoms with Gasteiger partial charge in [0.25, 0.3) is 11.2 Å². The predicted molar refractivity (Wildman–Crippen MR) is 100 cm³/mol. The molecule has 0 aliphatic carbocycles. The fourth-order valence-electron chi connectivity index (χ4n) is 2.93. The molecule has 0 atom stereocenters. The smallest absolute Gasteiger partial charge is 0.343 e. The molecule has 7 heteroatoms. The maximum Gasteiger partial charge on any atom is 0.343 e. The van der Waals surface area contributed by atoms with Crippen molar-refractivity contribution >= 4 is 33.3 Å². The van der Waals surface area contributed by atoms with E-state index in [1.54, 1.807) is 6.07 Å². The average molecular weight is 360 g/mol. The van der Waals surface area contributed by atoms with Crippen LogP contribution in [0.15, 0.2) is 71.5 Å². The fourth-order valence-corrected chi connectivity index (χ4v) is 2.93. The summed E-state index contributed by atoms with van der Waals surface area (Å²) in [4.78, 5) is 37.4. The van der Waals surface area contributed by atoms with Crippen LogP contribution in [0.4, 0.5) is 5.69 Å². The van der Waals surface area contributed by atoms with Gasteiger partial charge in [-0.1, -0.05) is 30.3 Å². The van der Waals surface area contributed by atoms with Crippen molar-refractivity contribution < 1.29 is 14.5 Å². The number of pyridine rings is 1. The number of non-ortho nitro benzene ring substituents is 1. The first-order chi connectivity index (χ1) is 13.0. The van der Waals surface area contributed by atoms with E-state index in [2.05, 4.69) is 4.98 Å². The van der Waals surface area contributed by atoms with Crippen molar-refractivity contribution in [2.45, 2.75) is 0 Å². The van der Waals surface area contributed by atoms with Gasteiger partial charge in [-0.2, -0.15) is 0 Å². The van der Waals surface area contributed by atoms with E-state index >= 15 is 0 Å². The number of rotatable bonds is 3. The van der Waals surface area contributed by atoms with Crippen LogP contribution in [0.3, 0.4) is 0 Å². The van der Waals surface area contributed by atoms with Gasteiger partial charge in [-0.25, -0.2) is 4.79 Å². The third kappa shape index (κ3) is 3.02. The number of aromatic amines is 1. The van der Waals surface area contributed by atoms with E-state index in [-0.39, 0.29) is 17.0 Å². The molecule has 4 rings (SSSR count). The molecule has 1 heterocycles. The Morgan fingerprint density at radius 1 is 0.963 bits per heavy atom. The van der Waals surface area contributed by atoms with Crippen LogP contribution in [0.25, 0.3) is 21.7 Å². The van der Waals surface area contributed by atoms with E-state index in [4.69, 9.17) is 4.74 Å². The van der Waals surface area contributed by atoms with Gasteiger partial charge in [0.05, 0.1) is 16.0 Å². The van der Waals surface area contributed by atoms with Gasteiger partial charge in [0.2, 0.25) is 0 Å². The van der Waals surface area contributed by atoms with Crippen LogP contribution in [-0.4, -0.2) is 15.9 Å². The molecule has 0 amide bonds. The van der Waals surface area contributed by atoms with Gasteiger partial charge in [-0.15, -0.1) is 0 Å². The predicted octanol–water partition coefficient (Wildman–Crippen LogP) is 3.81. The maximum atomic E-state index is 12.4. The normalized spacial score (nSPS) is 10.8. The second kappa shape index (κ2) is 6.38.